The second-order valence-corrected chi connectivity index (χ2v) is 12.9. The van der Waals surface area contributed by atoms with Crippen LogP contribution in [0.1, 0.15) is 64.0 Å². The number of carbonyl (C=O) groups is 2. The molecule has 2 N–H and O–H groups in total. The van der Waals surface area contributed by atoms with E-state index in [2.05, 4.69) is 14.8 Å². The van der Waals surface area contributed by atoms with E-state index < -0.39 is 23.2 Å². The molecule has 4 aromatic rings. The normalized spacial score (nSPS) is 26.4. The molecular formula is C32H27Cl2FN4O3. The van der Waals surface area contributed by atoms with Crippen LogP contribution in [0.15, 0.2) is 48.5 Å². The maximum Gasteiger partial charge on any atom is 0.335 e. The molecule has 1 saturated carbocycles. The minimum absolute atomic E-state index is 0.000773. The van der Waals surface area contributed by atoms with E-state index in [1.165, 1.54) is 6.07 Å². The number of halogens is 3. The molecule has 7 nitrogen and oxygen atoms in total. The van der Waals surface area contributed by atoms with Crippen LogP contribution in [0, 0.1) is 18.7 Å². The molecule has 8 rings (SSSR count). The van der Waals surface area contributed by atoms with E-state index >= 15 is 4.39 Å². The second-order valence-electron chi connectivity index (χ2n) is 12.1. The summed E-state index contributed by atoms with van der Waals surface area (Å²) in [5, 5.41) is 13.4. The zero-order chi connectivity index (χ0) is 29.1. The largest absolute Gasteiger partial charge is 0.478 e. The summed E-state index contributed by atoms with van der Waals surface area (Å²) in [7, 11) is 0. The summed E-state index contributed by atoms with van der Waals surface area (Å²) in [6.45, 7) is 3.17. The molecular weight excluding hydrogens is 578 g/mol. The van der Waals surface area contributed by atoms with Gasteiger partial charge in [0.2, 0.25) is 5.91 Å². The van der Waals surface area contributed by atoms with E-state index in [1.54, 1.807) is 36.4 Å². The Hall–Kier alpha value is -3.46. The molecule has 10 heteroatoms. The Kier molecular flexibility index (Phi) is 5.62. The Balaban J connectivity index is 1.44. The first-order chi connectivity index (χ1) is 20.2. The Morgan fingerprint density at radius 3 is 2.74 bits per heavy atom. The van der Waals surface area contributed by atoms with Crippen molar-refractivity contribution in [2.45, 2.75) is 56.1 Å². The van der Waals surface area contributed by atoms with Crippen molar-refractivity contribution in [3.63, 3.8) is 0 Å². The first-order valence-corrected chi connectivity index (χ1v) is 15.0. The van der Waals surface area contributed by atoms with Crippen molar-refractivity contribution < 1.29 is 19.1 Å². The van der Waals surface area contributed by atoms with Gasteiger partial charge in [-0.1, -0.05) is 41.4 Å². The molecule has 1 saturated heterocycles. The molecule has 1 amide bonds. The van der Waals surface area contributed by atoms with Gasteiger partial charge in [-0.3, -0.25) is 9.69 Å². The summed E-state index contributed by atoms with van der Waals surface area (Å²) < 4.78 is 18.3. The predicted octanol–water partition coefficient (Wildman–Crippen LogP) is 6.70. The van der Waals surface area contributed by atoms with Crippen LogP contribution >= 0.6 is 23.2 Å². The molecule has 42 heavy (non-hydrogen) atoms. The molecule has 4 atom stereocenters. The number of fused-ring (bicyclic) bond motifs is 7. The monoisotopic (exact) mass is 604 g/mol. The van der Waals surface area contributed by atoms with E-state index in [1.807, 2.05) is 13.0 Å². The van der Waals surface area contributed by atoms with Gasteiger partial charge in [-0.2, -0.15) is 0 Å². The molecule has 4 heterocycles. The Morgan fingerprint density at radius 1 is 1.17 bits per heavy atom. The Bertz CT molecular complexity index is 1850. The molecule has 1 spiro atoms. The lowest BCUT2D eigenvalue weighted by Crippen LogP contribution is -2.53. The number of hydrogen-bond donors (Lipinski definition) is 2. The highest BCUT2D eigenvalue weighted by Crippen LogP contribution is 2.64. The molecule has 3 aromatic carbocycles. The average molecular weight is 605 g/mol. The zero-order valence-corrected chi connectivity index (χ0v) is 24.2. The smallest absolute Gasteiger partial charge is 0.335 e. The van der Waals surface area contributed by atoms with Crippen molar-refractivity contribution in [3.8, 4) is 0 Å². The molecule has 0 bridgehead atoms. The fraction of sp³-hybridized carbons (Fsp3) is 0.344. The van der Waals surface area contributed by atoms with Crippen molar-refractivity contribution in [1.82, 2.24) is 14.5 Å². The van der Waals surface area contributed by atoms with E-state index in [0.29, 0.717) is 41.7 Å². The maximum atomic E-state index is 16.2. The number of likely N-dealkylation sites (tertiary alicyclic amines) is 1. The number of imidazole rings is 1. The predicted molar refractivity (Wildman–Crippen MR) is 158 cm³/mol. The van der Waals surface area contributed by atoms with Crippen molar-refractivity contribution in [2.75, 3.05) is 11.9 Å². The molecule has 3 aliphatic heterocycles. The molecule has 4 aliphatic rings. The van der Waals surface area contributed by atoms with E-state index in [-0.39, 0.29) is 28.5 Å². The lowest BCUT2D eigenvalue weighted by atomic mass is 9.70. The summed E-state index contributed by atoms with van der Waals surface area (Å²) in [4.78, 5) is 33.9. The number of aromatic nitrogens is 2. The Morgan fingerprint density at radius 2 is 1.98 bits per heavy atom. The minimum Gasteiger partial charge on any atom is -0.478 e. The summed E-state index contributed by atoms with van der Waals surface area (Å²) in [6.07, 6.45) is 2.87. The fourth-order valence-electron chi connectivity index (χ4n) is 7.98. The van der Waals surface area contributed by atoms with Gasteiger partial charge in [-0.25, -0.2) is 14.2 Å². The van der Waals surface area contributed by atoms with Crippen LogP contribution in [0.25, 0.3) is 11.0 Å². The molecule has 0 radical (unpaired) electrons. The lowest BCUT2D eigenvalue weighted by Gasteiger charge is -2.40. The van der Waals surface area contributed by atoms with Gasteiger partial charge in [0.25, 0.3) is 0 Å². The highest BCUT2D eigenvalue weighted by molar-refractivity contribution is 6.31. The zero-order valence-electron chi connectivity index (χ0n) is 22.7. The van der Waals surface area contributed by atoms with Crippen LogP contribution in [0.4, 0.5) is 10.1 Å². The van der Waals surface area contributed by atoms with E-state index in [4.69, 9.17) is 28.2 Å². The maximum absolute atomic E-state index is 16.2. The number of nitrogens with zero attached hydrogens (tertiary/aromatic N) is 3. The number of carboxylic acids is 1. The molecule has 0 unspecified atom stereocenters. The first kappa shape index (κ1) is 26.2. The van der Waals surface area contributed by atoms with E-state index in [9.17, 15) is 14.7 Å². The van der Waals surface area contributed by atoms with Gasteiger partial charge in [0.15, 0.2) is 0 Å². The van der Waals surface area contributed by atoms with Crippen molar-refractivity contribution in [3.05, 3.63) is 92.5 Å². The van der Waals surface area contributed by atoms with Gasteiger partial charge in [-0.05, 0) is 73.6 Å². The number of amides is 1. The third-order valence-corrected chi connectivity index (χ3v) is 10.3. The first-order valence-electron chi connectivity index (χ1n) is 14.3. The van der Waals surface area contributed by atoms with Crippen LogP contribution in [-0.4, -0.2) is 44.0 Å². The lowest BCUT2D eigenvalue weighted by molar-refractivity contribution is -0.128. The third kappa shape index (κ3) is 3.46. The number of hydrogen-bond acceptors (Lipinski definition) is 4. The van der Waals surface area contributed by atoms with Crippen molar-refractivity contribution in [1.29, 1.82) is 0 Å². The standard InChI is InChI=1S/C32H27Cl2FN4O3/c1-15-11-17(30(40)41)12-24-28(15)37-29-25-23(9-10-38(24)29)39(14-16-5-6-16)32(26(25)19-3-2-4-21(34)27(19)35)20-8-7-18(33)13-22(20)36-31(32)42/h2-4,7-8,11-13,16,23,25-26H,5-6,9-10,14H2,1H3,(H,36,42)(H,40,41)/t23-,25+,26-,32+/m0/s1. The number of carboxylic acid groups (broad SMARTS) is 1. The summed E-state index contributed by atoms with van der Waals surface area (Å²) in [6, 6.07) is 13.6. The van der Waals surface area contributed by atoms with Gasteiger partial charge in [0, 0.05) is 47.2 Å². The van der Waals surface area contributed by atoms with Crippen molar-refractivity contribution >= 4 is 51.8 Å². The van der Waals surface area contributed by atoms with Gasteiger partial charge in [-0.15, -0.1) is 0 Å². The molecule has 214 valence electrons. The number of nitrogens with one attached hydrogen (secondary N) is 1. The number of anilines is 1. The summed E-state index contributed by atoms with van der Waals surface area (Å²) >= 11 is 12.8. The van der Waals surface area contributed by atoms with E-state index in [0.717, 1.165) is 40.8 Å². The quantitative estimate of drug-likeness (QED) is 0.270. The number of benzene rings is 3. The van der Waals surface area contributed by atoms with Crippen LogP contribution in [0.5, 0.6) is 0 Å². The average Bonchev–Trinajstić information content (AvgIpc) is 3.54. The Labute approximate surface area is 251 Å². The highest BCUT2D eigenvalue weighted by Gasteiger charge is 2.69. The fourth-order valence-corrected chi connectivity index (χ4v) is 8.33. The topological polar surface area (TPSA) is 87.5 Å². The number of rotatable bonds is 4. The number of carbonyl (C=O) groups excluding carboxylic acids is 1. The third-order valence-electron chi connectivity index (χ3n) is 9.80. The number of aryl methyl sites for hydroxylation is 2. The van der Waals surface area contributed by atoms with Crippen LogP contribution in [0.3, 0.4) is 0 Å². The van der Waals surface area contributed by atoms with Gasteiger partial charge in [0.05, 0.1) is 21.6 Å². The van der Waals surface area contributed by atoms with Crippen molar-refractivity contribution in [2.24, 2.45) is 5.92 Å². The van der Waals surface area contributed by atoms with Crippen LogP contribution in [-0.2, 0) is 16.9 Å². The summed E-state index contributed by atoms with van der Waals surface area (Å²) in [5.41, 5.74) is 2.99. The molecule has 2 fully saturated rings. The SMILES string of the molecule is Cc1cc(C(=O)O)cc2c1nc1n2CC[C@H]2[C@@H]1[C@H](c1cccc(Cl)c1F)[C@]1(C(=O)Nc3cc(Cl)ccc31)N2CC1CC1. The molecule has 1 aromatic heterocycles. The van der Waals surface area contributed by atoms with Gasteiger partial charge in [0.1, 0.15) is 17.2 Å². The van der Waals surface area contributed by atoms with Gasteiger partial charge >= 0.3 is 5.97 Å². The second kappa shape index (κ2) is 9.02. The molecule has 1 aliphatic carbocycles. The number of aromatic carboxylic acids is 1. The minimum atomic E-state index is -1.21. The van der Waals surface area contributed by atoms with Crippen LogP contribution < -0.4 is 5.32 Å². The summed E-state index contributed by atoms with van der Waals surface area (Å²) in [5.74, 6) is -1.57. The van der Waals surface area contributed by atoms with Gasteiger partial charge < -0.3 is 15.0 Å². The highest BCUT2D eigenvalue weighted by atomic mass is 35.5. The van der Waals surface area contributed by atoms with Crippen LogP contribution in [0.2, 0.25) is 10.0 Å².